The number of nitrogens with zero attached hydrogens (tertiary/aromatic N) is 1. The van der Waals surface area contributed by atoms with Gasteiger partial charge in [-0.1, -0.05) is 23.7 Å². The lowest BCUT2D eigenvalue weighted by atomic mass is 9.38. The fraction of sp³-hybridized carbons (Fsp3) is 0.364. The Morgan fingerprint density at radius 3 is 2.48 bits per heavy atom. The summed E-state index contributed by atoms with van der Waals surface area (Å²) in [6.07, 6.45) is 2.16. The van der Waals surface area contributed by atoms with E-state index in [4.69, 9.17) is 21.6 Å². The van der Waals surface area contributed by atoms with Gasteiger partial charge in [0, 0.05) is 18.0 Å². The first-order valence-electron chi connectivity index (χ1n) is 9.72. The summed E-state index contributed by atoms with van der Waals surface area (Å²) in [5, 5.41) is 8.81. The number of hydrogen-bond donors (Lipinski definition) is 1. The van der Waals surface area contributed by atoms with Gasteiger partial charge in [-0.25, -0.2) is 17.5 Å². The molecule has 9 heteroatoms. The van der Waals surface area contributed by atoms with Crippen LogP contribution in [-0.4, -0.2) is 26.3 Å². The molecule has 2 bridgehead atoms. The van der Waals surface area contributed by atoms with Gasteiger partial charge in [-0.15, -0.1) is 0 Å². The summed E-state index contributed by atoms with van der Waals surface area (Å²) < 4.78 is 46.6. The molecule has 0 spiro atoms. The number of Topliss-reactive ketones (excluding diaryl/α,β-unsaturated/α-hetero) is 1. The molecule has 162 valence electrons. The molecule has 0 amide bonds. The first-order chi connectivity index (χ1) is 14.6. The summed E-state index contributed by atoms with van der Waals surface area (Å²) in [5.74, 6) is -0.636. The third-order valence-electron chi connectivity index (χ3n) is 5.81. The minimum Gasteiger partial charge on any atom is -0.486 e. The molecule has 3 aliphatic rings. The number of ketones is 1. The van der Waals surface area contributed by atoms with E-state index in [1.807, 2.05) is 6.07 Å². The average molecular weight is 463 g/mol. The highest BCUT2D eigenvalue weighted by Gasteiger charge is 2.69. The SMILES string of the molecule is N#Cc1ccc(CS(=O)(=O)NC23CC(CC(=O)COc4ccc(Cl)c(F)c4)(C2)C3)cc1. The number of benzene rings is 2. The van der Waals surface area contributed by atoms with Crippen molar-refractivity contribution in [3.05, 3.63) is 64.4 Å². The molecule has 0 saturated heterocycles. The van der Waals surface area contributed by atoms with E-state index in [1.54, 1.807) is 24.3 Å². The molecule has 2 aromatic carbocycles. The van der Waals surface area contributed by atoms with Gasteiger partial charge in [-0.05, 0) is 54.5 Å². The van der Waals surface area contributed by atoms with Gasteiger partial charge >= 0.3 is 0 Å². The second-order valence-electron chi connectivity index (χ2n) is 8.56. The lowest BCUT2D eigenvalue weighted by molar-refractivity contribution is -0.159. The minimum atomic E-state index is -3.53. The van der Waals surface area contributed by atoms with E-state index in [-0.39, 0.29) is 34.3 Å². The number of rotatable bonds is 9. The number of hydrogen-bond acceptors (Lipinski definition) is 5. The van der Waals surface area contributed by atoms with Gasteiger partial charge in [0.05, 0.1) is 22.4 Å². The van der Waals surface area contributed by atoms with Crippen LogP contribution in [0.1, 0.15) is 36.8 Å². The van der Waals surface area contributed by atoms with Crippen LogP contribution in [0.25, 0.3) is 0 Å². The first-order valence-corrected chi connectivity index (χ1v) is 11.7. The molecule has 3 fully saturated rings. The van der Waals surface area contributed by atoms with Gasteiger partial charge in [-0.2, -0.15) is 5.26 Å². The van der Waals surface area contributed by atoms with E-state index in [0.717, 1.165) is 6.07 Å². The van der Waals surface area contributed by atoms with Crippen molar-refractivity contribution in [3.8, 4) is 11.8 Å². The van der Waals surface area contributed by atoms with Crippen LogP contribution in [0.2, 0.25) is 5.02 Å². The van der Waals surface area contributed by atoms with Crippen molar-refractivity contribution in [1.29, 1.82) is 5.26 Å². The number of nitrogens with one attached hydrogen (secondary N) is 1. The highest BCUT2D eigenvalue weighted by atomic mass is 35.5. The summed E-state index contributed by atoms with van der Waals surface area (Å²) in [7, 11) is -3.53. The molecule has 0 aliphatic heterocycles. The predicted molar refractivity (Wildman–Crippen MR) is 112 cm³/mol. The van der Waals surface area contributed by atoms with Crippen molar-refractivity contribution < 1.29 is 22.3 Å². The Labute approximate surface area is 185 Å². The number of ether oxygens (including phenoxy) is 1. The van der Waals surface area contributed by atoms with Gasteiger partial charge in [0.15, 0.2) is 5.78 Å². The second-order valence-corrected chi connectivity index (χ2v) is 10.7. The van der Waals surface area contributed by atoms with Gasteiger partial charge in [0.1, 0.15) is 18.2 Å². The highest BCUT2D eigenvalue weighted by molar-refractivity contribution is 7.88. The minimum absolute atomic E-state index is 0.0144. The number of carbonyl (C=O) groups excluding carboxylic acids is 1. The van der Waals surface area contributed by atoms with Crippen LogP contribution in [0.15, 0.2) is 42.5 Å². The maximum Gasteiger partial charge on any atom is 0.216 e. The zero-order valence-electron chi connectivity index (χ0n) is 16.5. The van der Waals surface area contributed by atoms with Crippen molar-refractivity contribution in [2.75, 3.05) is 6.61 Å². The Balaban J connectivity index is 1.24. The number of carbonyl (C=O) groups is 1. The van der Waals surface area contributed by atoms with Crippen molar-refractivity contribution in [2.45, 2.75) is 37.0 Å². The number of halogens is 2. The van der Waals surface area contributed by atoms with Crippen molar-refractivity contribution in [3.63, 3.8) is 0 Å². The van der Waals surface area contributed by atoms with Crippen LogP contribution in [-0.2, 0) is 20.6 Å². The normalized spacial score (nSPS) is 23.9. The zero-order valence-corrected chi connectivity index (χ0v) is 18.1. The first kappa shape index (κ1) is 21.8. The zero-order chi connectivity index (χ0) is 22.3. The number of sulfonamides is 1. The Kier molecular flexibility index (Phi) is 5.54. The summed E-state index contributed by atoms with van der Waals surface area (Å²) in [6, 6.07) is 12.4. The summed E-state index contributed by atoms with van der Waals surface area (Å²) in [4.78, 5) is 12.3. The molecule has 0 atom stereocenters. The Morgan fingerprint density at radius 1 is 1.19 bits per heavy atom. The van der Waals surface area contributed by atoms with Crippen LogP contribution in [0.4, 0.5) is 4.39 Å². The van der Waals surface area contributed by atoms with E-state index in [2.05, 4.69) is 4.72 Å². The number of nitriles is 1. The fourth-order valence-corrected chi connectivity index (χ4v) is 6.45. The molecule has 31 heavy (non-hydrogen) atoms. The second kappa shape index (κ2) is 7.90. The quantitative estimate of drug-likeness (QED) is 0.612. The summed E-state index contributed by atoms with van der Waals surface area (Å²) in [6.45, 7) is -0.166. The molecule has 0 aromatic heterocycles. The predicted octanol–water partition coefficient (Wildman–Crippen LogP) is 3.73. The maximum absolute atomic E-state index is 13.4. The molecule has 0 heterocycles. The van der Waals surface area contributed by atoms with Gasteiger partial charge in [0.2, 0.25) is 10.0 Å². The lowest BCUT2D eigenvalue weighted by Gasteiger charge is -2.70. The average Bonchev–Trinajstić information content (AvgIpc) is 2.66. The molecule has 5 rings (SSSR count). The Bertz CT molecular complexity index is 1160. The molecule has 3 saturated carbocycles. The molecular weight excluding hydrogens is 443 g/mol. The molecular formula is C22H20ClFN2O4S. The van der Waals surface area contributed by atoms with E-state index in [0.29, 0.717) is 36.8 Å². The van der Waals surface area contributed by atoms with E-state index >= 15 is 0 Å². The van der Waals surface area contributed by atoms with Gasteiger partial charge in [0.25, 0.3) is 0 Å². The molecule has 0 unspecified atom stereocenters. The topological polar surface area (TPSA) is 96.3 Å². The van der Waals surface area contributed by atoms with E-state index in [9.17, 15) is 17.6 Å². The fourth-order valence-electron chi connectivity index (χ4n) is 4.75. The molecule has 2 aromatic rings. The smallest absolute Gasteiger partial charge is 0.216 e. The van der Waals surface area contributed by atoms with Crippen LogP contribution in [0.5, 0.6) is 5.75 Å². The van der Waals surface area contributed by atoms with Gasteiger partial charge in [-0.3, -0.25) is 4.79 Å². The molecule has 0 radical (unpaired) electrons. The monoisotopic (exact) mass is 462 g/mol. The molecule has 3 aliphatic carbocycles. The largest absolute Gasteiger partial charge is 0.486 e. The molecule has 1 N–H and O–H groups in total. The van der Waals surface area contributed by atoms with Crippen LogP contribution >= 0.6 is 11.6 Å². The lowest BCUT2D eigenvalue weighted by Crippen LogP contribution is -2.75. The third kappa shape index (κ3) is 4.74. The van der Waals surface area contributed by atoms with Crippen LogP contribution in [0.3, 0.4) is 0 Å². The standard InChI is InChI=1S/C22H20ClFN2O4S/c23-19-6-5-18(7-20(19)24)30-10-17(27)8-21-12-22(13-21,14-21)26-31(28,29)11-16-3-1-15(9-25)2-4-16/h1-7,26H,8,10-14H2. The maximum atomic E-state index is 13.4. The Morgan fingerprint density at radius 2 is 1.87 bits per heavy atom. The van der Waals surface area contributed by atoms with E-state index < -0.39 is 21.4 Å². The summed E-state index contributed by atoms with van der Waals surface area (Å²) in [5.41, 5.74) is 0.443. The third-order valence-corrected chi connectivity index (χ3v) is 7.58. The van der Waals surface area contributed by atoms with E-state index in [1.165, 1.54) is 12.1 Å². The van der Waals surface area contributed by atoms with Crippen LogP contribution in [0, 0.1) is 22.6 Å². The van der Waals surface area contributed by atoms with Crippen molar-refractivity contribution in [2.24, 2.45) is 5.41 Å². The van der Waals surface area contributed by atoms with Crippen molar-refractivity contribution in [1.82, 2.24) is 4.72 Å². The summed E-state index contributed by atoms with van der Waals surface area (Å²) >= 11 is 5.62. The van der Waals surface area contributed by atoms with Crippen molar-refractivity contribution >= 4 is 27.4 Å². The Hall–Kier alpha value is -2.47. The van der Waals surface area contributed by atoms with Crippen LogP contribution < -0.4 is 9.46 Å². The molecule has 6 nitrogen and oxygen atoms in total. The highest BCUT2D eigenvalue weighted by Crippen LogP contribution is 2.69. The van der Waals surface area contributed by atoms with Gasteiger partial charge < -0.3 is 4.74 Å².